The van der Waals surface area contributed by atoms with Crippen LogP contribution in [0, 0.1) is 0 Å². The summed E-state index contributed by atoms with van der Waals surface area (Å²) >= 11 is 11.8. The predicted molar refractivity (Wildman–Crippen MR) is 71.9 cm³/mol. The van der Waals surface area contributed by atoms with Crippen LogP contribution in [0.15, 0.2) is 12.4 Å². The van der Waals surface area contributed by atoms with E-state index in [1.165, 1.54) is 11.1 Å². The standard InChI is InChI=1S/C12H16Cl2N2O2/c1-8(2)18-12(17)16(3)7-9-5-15-6-11(14)10(9)4-13/h5-6,8H,4,7H2,1-3H3. The van der Waals surface area contributed by atoms with Crippen molar-refractivity contribution in [3.63, 3.8) is 0 Å². The van der Waals surface area contributed by atoms with E-state index in [4.69, 9.17) is 27.9 Å². The summed E-state index contributed by atoms with van der Waals surface area (Å²) in [7, 11) is 1.66. The molecule has 0 radical (unpaired) electrons. The van der Waals surface area contributed by atoms with Crippen LogP contribution in [0.3, 0.4) is 0 Å². The van der Waals surface area contributed by atoms with Gasteiger partial charge in [-0.3, -0.25) is 4.98 Å². The highest BCUT2D eigenvalue weighted by molar-refractivity contribution is 6.32. The maximum atomic E-state index is 11.7. The van der Waals surface area contributed by atoms with Gasteiger partial charge in [-0.1, -0.05) is 11.6 Å². The van der Waals surface area contributed by atoms with Crippen LogP contribution in [-0.4, -0.2) is 29.1 Å². The molecule has 6 heteroatoms. The fourth-order valence-electron chi connectivity index (χ4n) is 1.40. The Bertz CT molecular complexity index is 425. The number of hydrogen-bond acceptors (Lipinski definition) is 3. The van der Waals surface area contributed by atoms with E-state index in [-0.39, 0.29) is 18.1 Å². The molecule has 0 unspecified atom stereocenters. The third-order valence-corrected chi connectivity index (χ3v) is 2.88. The van der Waals surface area contributed by atoms with Gasteiger partial charge >= 0.3 is 6.09 Å². The van der Waals surface area contributed by atoms with Crippen LogP contribution in [0.2, 0.25) is 5.02 Å². The lowest BCUT2D eigenvalue weighted by Gasteiger charge is -2.20. The molecule has 0 fully saturated rings. The Balaban J connectivity index is 2.78. The van der Waals surface area contributed by atoms with E-state index in [0.717, 1.165) is 11.1 Å². The third kappa shape index (κ3) is 4.03. The Morgan fingerprint density at radius 3 is 2.72 bits per heavy atom. The molecule has 0 spiro atoms. The lowest BCUT2D eigenvalue weighted by Crippen LogP contribution is -2.29. The zero-order valence-corrected chi connectivity index (χ0v) is 12.1. The van der Waals surface area contributed by atoms with E-state index in [1.54, 1.807) is 27.1 Å². The van der Waals surface area contributed by atoms with Gasteiger partial charge in [-0.05, 0) is 25.0 Å². The number of hydrogen-bond donors (Lipinski definition) is 0. The van der Waals surface area contributed by atoms with Crippen LogP contribution in [0.1, 0.15) is 25.0 Å². The van der Waals surface area contributed by atoms with Crippen molar-refractivity contribution in [1.82, 2.24) is 9.88 Å². The highest BCUT2D eigenvalue weighted by atomic mass is 35.5. The fraction of sp³-hybridized carbons (Fsp3) is 0.500. The molecule has 0 aliphatic heterocycles. The van der Waals surface area contributed by atoms with Gasteiger partial charge < -0.3 is 9.64 Å². The molecule has 0 atom stereocenters. The second kappa shape index (κ2) is 6.81. The average Bonchev–Trinajstić information content (AvgIpc) is 2.28. The summed E-state index contributed by atoms with van der Waals surface area (Å²) < 4.78 is 5.09. The molecule has 1 amide bonds. The molecule has 1 heterocycles. The van der Waals surface area contributed by atoms with Crippen LogP contribution < -0.4 is 0 Å². The minimum atomic E-state index is -0.384. The van der Waals surface area contributed by atoms with E-state index in [2.05, 4.69) is 4.98 Å². The summed E-state index contributed by atoms with van der Waals surface area (Å²) in [4.78, 5) is 17.1. The summed E-state index contributed by atoms with van der Waals surface area (Å²) in [5, 5.41) is 0.508. The molecule has 1 aromatic heterocycles. The number of carbonyl (C=O) groups is 1. The molecular weight excluding hydrogens is 275 g/mol. The van der Waals surface area contributed by atoms with Gasteiger partial charge in [-0.25, -0.2) is 4.79 Å². The molecule has 4 nitrogen and oxygen atoms in total. The van der Waals surface area contributed by atoms with Gasteiger partial charge in [0.25, 0.3) is 0 Å². The van der Waals surface area contributed by atoms with Gasteiger partial charge in [-0.2, -0.15) is 0 Å². The predicted octanol–water partition coefficient (Wildman–Crippen LogP) is 3.45. The second-order valence-corrected chi connectivity index (χ2v) is 4.86. The lowest BCUT2D eigenvalue weighted by molar-refractivity contribution is 0.0822. The smallest absolute Gasteiger partial charge is 0.410 e. The van der Waals surface area contributed by atoms with Crippen LogP contribution in [0.5, 0.6) is 0 Å². The zero-order chi connectivity index (χ0) is 13.7. The van der Waals surface area contributed by atoms with E-state index in [0.29, 0.717) is 11.6 Å². The maximum absolute atomic E-state index is 11.7. The van der Waals surface area contributed by atoms with Crippen molar-refractivity contribution in [2.24, 2.45) is 0 Å². The summed E-state index contributed by atoms with van der Waals surface area (Å²) in [5.41, 5.74) is 1.61. The Morgan fingerprint density at radius 1 is 1.50 bits per heavy atom. The molecule has 0 aromatic carbocycles. The van der Waals surface area contributed by atoms with Gasteiger partial charge in [-0.15, -0.1) is 11.6 Å². The van der Waals surface area contributed by atoms with Crippen LogP contribution in [0.25, 0.3) is 0 Å². The molecule has 1 rings (SSSR count). The topological polar surface area (TPSA) is 42.4 Å². The van der Waals surface area contributed by atoms with Gasteiger partial charge in [0.05, 0.1) is 17.7 Å². The van der Waals surface area contributed by atoms with E-state index < -0.39 is 0 Å². The first-order chi connectivity index (χ1) is 8.45. The Labute approximate surface area is 117 Å². The van der Waals surface area contributed by atoms with Gasteiger partial charge in [0.2, 0.25) is 0 Å². The normalized spacial score (nSPS) is 10.6. The first-order valence-electron chi connectivity index (χ1n) is 5.54. The molecule has 0 saturated carbocycles. The number of rotatable bonds is 4. The van der Waals surface area contributed by atoms with Crippen molar-refractivity contribution < 1.29 is 9.53 Å². The Hall–Kier alpha value is -1.000. The van der Waals surface area contributed by atoms with Crippen molar-refractivity contribution in [1.29, 1.82) is 0 Å². The van der Waals surface area contributed by atoms with Crippen LogP contribution >= 0.6 is 23.2 Å². The molecule has 0 bridgehead atoms. The highest BCUT2D eigenvalue weighted by Gasteiger charge is 2.15. The molecule has 0 saturated heterocycles. The molecular formula is C12H16Cl2N2O2. The van der Waals surface area contributed by atoms with Crippen molar-refractivity contribution in [2.45, 2.75) is 32.4 Å². The molecule has 1 aromatic rings. The van der Waals surface area contributed by atoms with Gasteiger partial charge in [0.15, 0.2) is 0 Å². The number of alkyl halides is 1. The van der Waals surface area contributed by atoms with Crippen molar-refractivity contribution >= 4 is 29.3 Å². The first kappa shape index (κ1) is 15.1. The van der Waals surface area contributed by atoms with Gasteiger partial charge in [0, 0.05) is 25.3 Å². The molecule has 0 aliphatic carbocycles. The summed E-state index contributed by atoms with van der Waals surface area (Å²) in [6, 6.07) is 0. The van der Waals surface area contributed by atoms with Crippen molar-refractivity contribution in [3.8, 4) is 0 Å². The minimum Gasteiger partial charge on any atom is -0.447 e. The molecule has 100 valence electrons. The number of aromatic nitrogens is 1. The van der Waals surface area contributed by atoms with E-state index in [1.807, 2.05) is 0 Å². The number of nitrogens with zero attached hydrogens (tertiary/aromatic N) is 2. The minimum absolute atomic E-state index is 0.148. The third-order valence-electron chi connectivity index (χ3n) is 2.28. The highest BCUT2D eigenvalue weighted by Crippen LogP contribution is 2.21. The lowest BCUT2D eigenvalue weighted by atomic mass is 10.1. The quantitative estimate of drug-likeness (QED) is 0.798. The number of ether oxygens (including phenoxy) is 1. The summed E-state index contributed by atoms with van der Waals surface area (Å²) in [5.74, 6) is 0.282. The van der Waals surface area contributed by atoms with E-state index >= 15 is 0 Å². The first-order valence-corrected chi connectivity index (χ1v) is 6.46. The Morgan fingerprint density at radius 2 is 2.17 bits per heavy atom. The number of carbonyl (C=O) groups excluding carboxylic acids is 1. The fourth-order valence-corrected chi connectivity index (χ4v) is 2.03. The molecule has 0 aliphatic rings. The van der Waals surface area contributed by atoms with Crippen molar-refractivity contribution in [3.05, 3.63) is 28.5 Å². The monoisotopic (exact) mass is 290 g/mol. The van der Waals surface area contributed by atoms with Gasteiger partial charge in [0.1, 0.15) is 0 Å². The number of halogens is 2. The Kier molecular flexibility index (Phi) is 5.69. The van der Waals surface area contributed by atoms with Crippen LogP contribution in [0.4, 0.5) is 4.79 Å². The van der Waals surface area contributed by atoms with Crippen molar-refractivity contribution in [2.75, 3.05) is 7.05 Å². The summed E-state index contributed by atoms with van der Waals surface area (Å²) in [6.07, 6.45) is 2.66. The SMILES string of the molecule is CC(C)OC(=O)N(C)Cc1cncc(Cl)c1CCl. The molecule has 0 N–H and O–H groups in total. The summed E-state index contributed by atoms with van der Waals surface area (Å²) in [6.45, 7) is 3.97. The number of pyridine rings is 1. The average molecular weight is 291 g/mol. The second-order valence-electron chi connectivity index (χ2n) is 4.18. The number of amides is 1. The zero-order valence-electron chi connectivity index (χ0n) is 10.6. The van der Waals surface area contributed by atoms with E-state index in [9.17, 15) is 4.79 Å². The maximum Gasteiger partial charge on any atom is 0.410 e. The molecule has 18 heavy (non-hydrogen) atoms. The largest absolute Gasteiger partial charge is 0.447 e. The van der Waals surface area contributed by atoms with Crippen LogP contribution in [-0.2, 0) is 17.2 Å².